The van der Waals surface area contributed by atoms with Crippen LogP contribution in [0.15, 0.2) is 24.5 Å². The van der Waals surface area contributed by atoms with E-state index in [9.17, 15) is 4.79 Å². The van der Waals surface area contributed by atoms with Crippen LogP contribution in [0.5, 0.6) is 0 Å². The lowest BCUT2D eigenvalue weighted by atomic mass is 10.2. The number of carbonyl (C=O) groups excluding carboxylic acids is 1. The molecule has 5 nitrogen and oxygen atoms in total. The van der Waals surface area contributed by atoms with Gasteiger partial charge >= 0.3 is 0 Å². The molecule has 3 N–H and O–H groups in total. The zero-order chi connectivity index (χ0) is 13.8. The summed E-state index contributed by atoms with van der Waals surface area (Å²) < 4.78 is 0. The van der Waals surface area contributed by atoms with Gasteiger partial charge < -0.3 is 11.1 Å². The van der Waals surface area contributed by atoms with E-state index < -0.39 is 0 Å². The van der Waals surface area contributed by atoms with Crippen molar-refractivity contribution in [3.63, 3.8) is 0 Å². The van der Waals surface area contributed by atoms with Gasteiger partial charge in [0.1, 0.15) is 10.8 Å². The number of thiazole rings is 1. The Hall–Kier alpha value is -1.95. The number of nitrogens with one attached hydrogen (secondary N) is 1. The molecule has 0 bridgehead atoms. The number of pyridine rings is 1. The highest BCUT2D eigenvalue weighted by Crippen LogP contribution is 2.20. The number of carbonyl (C=O) groups is 1. The molecule has 1 unspecified atom stereocenters. The van der Waals surface area contributed by atoms with E-state index in [0.29, 0.717) is 11.4 Å². The third-order valence-corrected chi connectivity index (χ3v) is 4.01. The Balaban J connectivity index is 2.06. The van der Waals surface area contributed by atoms with Gasteiger partial charge in [-0.25, -0.2) is 9.97 Å². The topological polar surface area (TPSA) is 80.9 Å². The van der Waals surface area contributed by atoms with Crippen molar-refractivity contribution in [2.45, 2.75) is 26.3 Å². The Bertz CT molecular complexity index is 582. The summed E-state index contributed by atoms with van der Waals surface area (Å²) in [7, 11) is 0. The largest absolute Gasteiger partial charge is 0.384 e. The van der Waals surface area contributed by atoms with Crippen LogP contribution in [-0.2, 0) is 6.42 Å². The number of aromatic nitrogens is 2. The van der Waals surface area contributed by atoms with Crippen LogP contribution in [0.4, 0.5) is 5.82 Å². The fourth-order valence-electron chi connectivity index (χ4n) is 1.62. The highest BCUT2D eigenvalue weighted by molar-refractivity contribution is 7.11. The van der Waals surface area contributed by atoms with E-state index >= 15 is 0 Å². The quantitative estimate of drug-likeness (QED) is 0.896. The molecule has 0 fully saturated rings. The summed E-state index contributed by atoms with van der Waals surface area (Å²) in [5, 5.41) is 3.81. The monoisotopic (exact) mass is 276 g/mol. The molecule has 2 rings (SSSR count). The lowest BCUT2D eigenvalue weighted by Crippen LogP contribution is -2.26. The second-order valence-corrected chi connectivity index (χ2v) is 5.33. The van der Waals surface area contributed by atoms with Gasteiger partial charge in [-0.1, -0.05) is 6.92 Å². The summed E-state index contributed by atoms with van der Waals surface area (Å²) in [5.41, 5.74) is 6.06. The van der Waals surface area contributed by atoms with Crippen LogP contribution >= 0.6 is 11.3 Å². The van der Waals surface area contributed by atoms with E-state index in [1.807, 2.05) is 13.1 Å². The Morgan fingerprint density at radius 1 is 1.53 bits per heavy atom. The van der Waals surface area contributed by atoms with Crippen LogP contribution in [-0.4, -0.2) is 15.9 Å². The first-order chi connectivity index (χ1) is 9.10. The van der Waals surface area contributed by atoms with Crippen molar-refractivity contribution in [1.29, 1.82) is 0 Å². The SMILES string of the molecule is CCc1cnc(C(C)NC(=O)c2ccnc(N)c2)s1. The molecule has 2 aromatic heterocycles. The Labute approximate surface area is 115 Å². The van der Waals surface area contributed by atoms with Gasteiger partial charge in [-0.05, 0) is 25.5 Å². The number of hydrogen-bond donors (Lipinski definition) is 2. The molecule has 6 heteroatoms. The lowest BCUT2D eigenvalue weighted by Gasteiger charge is -2.11. The number of amides is 1. The second-order valence-electron chi connectivity index (χ2n) is 4.18. The van der Waals surface area contributed by atoms with Gasteiger partial charge in [-0.2, -0.15) is 0 Å². The predicted molar refractivity (Wildman–Crippen MR) is 76.0 cm³/mol. The van der Waals surface area contributed by atoms with Gasteiger partial charge in [0.05, 0.1) is 6.04 Å². The molecule has 2 aromatic rings. The van der Waals surface area contributed by atoms with Crippen LogP contribution in [0.25, 0.3) is 0 Å². The average molecular weight is 276 g/mol. The van der Waals surface area contributed by atoms with E-state index in [4.69, 9.17) is 5.73 Å². The van der Waals surface area contributed by atoms with Gasteiger partial charge in [-0.15, -0.1) is 11.3 Å². The van der Waals surface area contributed by atoms with Crippen LogP contribution in [0, 0.1) is 0 Å². The van der Waals surface area contributed by atoms with E-state index in [2.05, 4.69) is 22.2 Å². The van der Waals surface area contributed by atoms with Crippen LogP contribution in [0.2, 0.25) is 0 Å². The fraction of sp³-hybridized carbons (Fsp3) is 0.308. The molecule has 0 spiro atoms. The number of rotatable bonds is 4. The van der Waals surface area contributed by atoms with Crippen molar-refractivity contribution in [3.8, 4) is 0 Å². The van der Waals surface area contributed by atoms with Crippen molar-refractivity contribution >= 4 is 23.1 Å². The third-order valence-electron chi connectivity index (χ3n) is 2.68. The van der Waals surface area contributed by atoms with E-state index in [1.165, 1.54) is 11.1 Å². The van der Waals surface area contributed by atoms with Gasteiger partial charge in [0.2, 0.25) is 0 Å². The van der Waals surface area contributed by atoms with Crippen molar-refractivity contribution in [1.82, 2.24) is 15.3 Å². The van der Waals surface area contributed by atoms with Crippen molar-refractivity contribution in [2.75, 3.05) is 5.73 Å². The number of aryl methyl sites for hydroxylation is 1. The summed E-state index contributed by atoms with van der Waals surface area (Å²) in [6, 6.07) is 3.08. The number of nitrogen functional groups attached to an aromatic ring is 1. The Morgan fingerprint density at radius 2 is 2.32 bits per heavy atom. The van der Waals surface area contributed by atoms with Gasteiger partial charge in [-0.3, -0.25) is 4.79 Å². The minimum atomic E-state index is -0.171. The van der Waals surface area contributed by atoms with E-state index in [0.717, 1.165) is 11.4 Å². The molecule has 19 heavy (non-hydrogen) atoms. The van der Waals surface area contributed by atoms with Crippen LogP contribution < -0.4 is 11.1 Å². The van der Waals surface area contributed by atoms with Gasteiger partial charge in [0.25, 0.3) is 5.91 Å². The molecule has 1 atom stereocenters. The summed E-state index contributed by atoms with van der Waals surface area (Å²) >= 11 is 1.62. The van der Waals surface area contributed by atoms with Gasteiger partial charge in [0.15, 0.2) is 0 Å². The fourth-order valence-corrected chi connectivity index (χ4v) is 2.48. The minimum Gasteiger partial charge on any atom is -0.384 e. The van der Waals surface area contributed by atoms with Crippen LogP contribution in [0.1, 0.15) is 40.1 Å². The van der Waals surface area contributed by atoms with Crippen molar-refractivity contribution < 1.29 is 4.79 Å². The molecule has 0 saturated carbocycles. The van der Waals surface area contributed by atoms with E-state index in [-0.39, 0.29) is 11.9 Å². The number of nitrogens with two attached hydrogens (primary N) is 1. The summed E-state index contributed by atoms with van der Waals surface area (Å²) in [6.07, 6.45) is 4.33. The molecular formula is C13H16N4OS. The maximum Gasteiger partial charge on any atom is 0.252 e. The highest BCUT2D eigenvalue weighted by atomic mass is 32.1. The maximum absolute atomic E-state index is 12.0. The summed E-state index contributed by atoms with van der Waals surface area (Å²) in [6.45, 7) is 4.00. The Morgan fingerprint density at radius 3 is 2.95 bits per heavy atom. The van der Waals surface area contributed by atoms with E-state index in [1.54, 1.807) is 23.5 Å². The molecule has 0 aliphatic rings. The zero-order valence-corrected chi connectivity index (χ0v) is 11.7. The molecule has 2 heterocycles. The van der Waals surface area contributed by atoms with Gasteiger partial charge in [0, 0.05) is 22.8 Å². The smallest absolute Gasteiger partial charge is 0.252 e. The predicted octanol–water partition coefficient (Wildman–Crippen LogP) is 2.17. The molecular weight excluding hydrogens is 260 g/mol. The van der Waals surface area contributed by atoms with Crippen molar-refractivity contribution in [2.24, 2.45) is 0 Å². The average Bonchev–Trinajstić information content (AvgIpc) is 2.87. The minimum absolute atomic E-state index is 0.118. The Kier molecular flexibility index (Phi) is 4.11. The highest BCUT2D eigenvalue weighted by Gasteiger charge is 2.14. The second kappa shape index (κ2) is 5.79. The summed E-state index contributed by atoms with van der Waals surface area (Å²) in [5.74, 6) is 0.165. The zero-order valence-electron chi connectivity index (χ0n) is 10.9. The third kappa shape index (κ3) is 3.29. The molecule has 0 radical (unpaired) electrons. The molecule has 0 aliphatic carbocycles. The lowest BCUT2D eigenvalue weighted by molar-refractivity contribution is 0.0940. The first kappa shape index (κ1) is 13.5. The first-order valence-electron chi connectivity index (χ1n) is 6.07. The maximum atomic E-state index is 12.0. The van der Waals surface area contributed by atoms with Crippen molar-refractivity contribution in [3.05, 3.63) is 40.0 Å². The molecule has 100 valence electrons. The number of anilines is 1. The summed E-state index contributed by atoms with van der Waals surface area (Å²) in [4.78, 5) is 21.4. The molecule has 1 amide bonds. The standard InChI is InChI=1S/C13H16N4OS/c1-3-10-7-16-13(19-10)8(2)17-12(18)9-4-5-15-11(14)6-9/h4-8H,3H2,1-2H3,(H2,14,15)(H,17,18). The first-order valence-corrected chi connectivity index (χ1v) is 6.88. The molecule has 0 aliphatic heterocycles. The van der Waals surface area contributed by atoms with Crippen LogP contribution in [0.3, 0.4) is 0 Å². The number of hydrogen-bond acceptors (Lipinski definition) is 5. The molecule has 0 saturated heterocycles. The number of nitrogens with zero attached hydrogens (tertiary/aromatic N) is 2. The normalized spacial score (nSPS) is 12.1. The molecule has 0 aromatic carbocycles.